The topological polar surface area (TPSA) is 119 Å². The van der Waals surface area contributed by atoms with Gasteiger partial charge in [0, 0.05) is 17.7 Å². The summed E-state index contributed by atoms with van der Waals surface area (Å²) < 4.78 is 0.903. The molecule has 3 heterocycles. The van der Waals surface area contributed by atoms with Crippen molar-refractivity contribution in [2.24, 2.45) is 9.98 Å². The van der Waals surface area contributed by atoms with Crippen molar-refractivity contribution in [3.8, 4) is 0 Å². The summed E-state index contributed by atoms with van der Waals surface area (Å²) in [7, 11) is 0. The quantitative estimate of drug-likeness (QED) is 0.541. The van der Waals surface area contributed by atoms with Crippen LogP contribution in [-0.2, 0) is 4.79 Å². The maximum Gasteiger partial charge on any atom is 0.346 e. The number of aliphatic imine (C=N–C) groups is 2. The van der Waals surface area contributed by atoms with Crippen molar-refractivity contribution in [2.75, 3.05) is 5.32 Å². The summed E-state index contributed by atoms with van der Waals surface area (Å²) in [5.74, 6) is -0.124. The van der Waals surface area contributed by atoms with E-state index in [9.17, 15) is 9.59 Å². The first-order valence-corrected chi connectivity index (χ1v) is 11.2. The fourth-order valence-electron chi connectivity index (χ4n) is 4.16. The van der Waals surface area contributed by atoms with Crippen LogP contribution in [0.15, 0.2) is 54.9 Å². The number of thioether (sulfide) groups is 1. The van der Waals surface area contributed by atoms with Crippen molar-refractivity contribution in [2.45, 2.75) is 37.1 Å². The number of anilines is 1. The SMILES string of the molecule is CC12N=CNC(Nc3ccc4[nH]c(=O)sc4c3)=C1C1=C(CC(N=CC(=O)O)CC1)S2. The highest BCUT2D eigenvalue weighted by Gasteiger charge is 2.45. The lowest BCUT2D eigenvalue weighted by Gasteiger charge is -2.29. The Morgan fingerprint density at radius 2 is 2.33 bits per heavy atom. The molecular weight excluding hydrogens is 422 g/mol. The molecule has 1 aliphatic carbocycles. The highest BCUT2D eigenvalue weighted by atomic mass is 32.2. The molecule has 1 aromatic heterocycles. The number of fused-ring (bicyclic) bond motifs is 3. The molecular formula is C20H19N5O3S2. The van der Waals surface area contributed by atoms with Gasteiger partial charge in [-0.15, -0.1) is 0 Å². The lowest BCUT2D eigenvalue weighted by atomic mass is 9.87. The zero-order valence-corrected chi connectivity index (χ0v) is 17.7. The Morgan fingerprint density at radius 3 is 3.17 bits per heavy atom. The molecule has 0 fully saturated rings. The number of carboxylic acids is 1. The highest BCUT2D eigenvalue weighted by Crippen LogP contribution is 2.56. The van der Waals surface area contributed by atoms with Gasteiger partial charge in [-0.1, -0.05) is 23.1 Å². The molecule has 2 aliphatic heterocycles. The highest BCUT2D eigenvalue weighted by molar-refractivity contribution is 8.05. The third-order valence-corrected chi connectivity index (χ3v) is 7.64. The Balaban J connectivity index is 1.48. The van der Waals surface area contributed by atoms with E-state index in [4.69, 9.17) is 10.1 Å². The van der Waals surface area contributed by atoms with Crippen LogP contribution in [0.25, 0.3) is 10.2 Å². The van der Waals surface area contributed by atoms with Gasteiger partial charge in [0.1, 0.15) is 16.9 Å². The lowest BCUT2D eigenvalue weighted by Crippen LogP contribution is -2.33. The minimum atomic E-state index is -1.01. The fraction of sp³-hybridized carbons (Fsp3) is 0.300. The van der Waals surface area contributed by atoms with Crippen LogP contribution in [0, 0.1) is 0 Å². The van der Waals surface area contributed by atoms with Gasteiger partial charge in [-0.3, -0.25) is 14.8 Å². The van der Waals surface area contributed by atoms with Gasteiger partial charge in [0.2, 0.25) is 0 Å². The Bertz CT molecular complexity index is 1240. The third kappa shape index (κ3) is 3.35. The maximum atomic E-state index is 11.6. The number of aromatic amines is 1. The maximum absolute atomic E-state index is 11.6. The number of thiazole rings is 1. The van der Waals surface area contributed by atoms with E-state index < -0.39 is 10.8 Å². The van der Waals surface area contributed by atoms with Gasteiger partial charge in [-0.25, -0.2) is 4.79 Å². The van der Waals surface area contributed by atoms with Gasteiger partial charge in [-0.2, -0.15) is 0 Å². The van der Waals surface area contributed by atoms with Crippen LogP contribution < -0.4 is 15.5 Å². The number of H-pyrrole nitrogens is 1. The molecule has 0 spiro atoms. The van der Waals surface area contributed by atoms with E-state index in [0.29, 0.717) is 0 Å². The molecule has 5 rings (SSSR count). The molecule has 1 aromatic carbocycles. The fourth-order valence-corrected chi connectivity index (χ4v) is 6.45. The van der Waals surface area contributed by atoms with Crippen molar-refractivity contribution >= 4 is 57.5 Å². The molecule has 0 amide bonds. The van der Waals surface area contributed by atoms with Crippen LogP contribution in [0.4, 0.5) is 5.69 Å². The Hall–Kier alpha value is -2.85. The van der Waals surface area contributed by atoms with Gasteiger partial charge in [0.25, 0.3) is 0 Å². The standard InChI is InChI=1S/C20H19N5O3S2/c1-20-17(12-4-2-10(6-14(12)30-20)21-8-16(26)27)18(22-9-23-20)24-11-3-5-13-15(7-11)29-19(28)25-13/h3,5,7-10,24H,2,4,6H2,1H3,(H,22,23)(H,25,28)(H,26,27). The number of rotatable bonds is 4. The summed E-state index contributed by atoms with van der Waals surface area (Å²) in [6, 6.07) is 5.80. The number of nitrogens with zero attached hydrogens (tertiary/aromatic N) is 2. The summed E-state index contributed by atoms with van der Waals surface area (Å²) >= 11 is 2.91. The summed E-state index contributed by atoms with van der Waals surface area (Å²) in [6.07, 6.45) is 5.08. The molecule has 8 nitrogen and oxygen atoms in total. The molecule has 4 N–H and O–H groups in total. The predicted molar refractivity (Wildman–Crippen MR) is 122 cm³/mol. The van der Waals surface area contributed by atoms with E-state index >= 15 is 0 Å². The number of carboxylic acid groups (broad SMARTS) is 1. The van der Waals surface area contributed by atoms with E-state index in [1.807, 2.05) is 18.2 Å². The molecule has 10 heteroatoms. The minimum Gasteiger partial charge on any atom is -0.477 e. The van der Waals surface area contributed by atoms with Crippen molar-refractivity contribution in [1.82, 2.24) is 10.3 Å². The summed E-state index contributed by atoms with van der Waals surface area (Å²) in [5, 5.41) is 15.6. The zero-order chi connectivity index (χ0) is 20.9. The average molecular weight is 442 g/mol. The van der Waals surface area contributed by atoms with Gasteiger partial charge in [0.15, 0.2) is 0 Å². The monoisotopic (exact) mass is 441 g/mol. The zero-order valence-electron chi connectivity index (χ0n) is 16.1. The van der Waals surface area contributed by atoms with Crippen molar-refractivity contribution in [1.29, 1.82) is 0 Å². The molecule has 2 aromatic rings. The van der Waals surface area contributed by atoms with Crippen LogP contribution in [0.1, 0.15) is 26.2 Å². The second kappa shape index (κ2) is 7.13. The molecule has 0 bridgehead atoms. The Kier molecular flexibility index (Phi) is 4.55. The molecule has 0 saturated carbocycles. The van der Waals surface area contributed by atoms with Crippen LogP contribution in [0.2, 0.25) is 0 Å². The Labute approximate surface area is 179 Å². The van der Waals surface area contributed by atoms with E-state index in [-0.39, 0.29) is 10.9 Å². The van der Waals surface area contributed by atoms with Gasteiger partial charge >= 0.3 is 10.8 Å². The van der Waals surface area contributed by atoms with E-state index in [2.05, 4.69) is 27.5 Å². The predicted octanol–water partition coefficient (Wildman–Crippen LogP) is 3.27. The minimum absolute atomic E-state index is 0.0103. The van der Waals surface area contributed by atoms with Crippen molar-refractivity contribution in [3.63, 3.8) is 0 Å². The van der Waals surface area contributed by atoms with Gasteiger partial charge < -0.3 is 20.7 Å². The van der Waals surface area contributed by atoms with Crippen molar-refractivity contribution < 1.29 is 9.90 Å². The van der Waals surface area contributed by atoms with Crippen LogP contribution >= 0.6 is 23.1 Å². The lowest BCUT2D eigenvalue weighted by molar-refractivity contribution is -0.128. The second-order valence-corrected chi connectivity index (χ2v) is 10.0. The molecule has 154 valence electrons. The smallest absolute Gasteiger partial charge is 0.346 e. The number of hydrogen-bond acceptors (Lipinski definition) is 8. The number of nitrogens with one attached hydrogen (secondary N) is 3. The molecule has 30 heavy (non-hydrogen) atoms. The normalized spacial score (nSPS) is 25.6. The van der Waals surface area contributed by atoms with E-state index in [1.165, 1.54) is 21.8 Å². The van der Waals surface area contributed by atoms with Crippen LogP contribution in [-0.4, -0.2) is 39.5 Å². The van der Waals surface area contributed by atoms with Crippen molar-refractivity contribution in [3.05, 3.63) is 49.7 Å². The number of benzene rings is 1. The molecule has 0 saturated heterocycles. The first-order chi connectivity index (χ1) is 14.4. The first-order valence-electron chi connectivity index (χ1n) is 9.54. The van der Waals surface area contributed by atoms with E-state index in [1.54, 1.807) is 18.1 Å². The number of carbonyl (C=O) groups is 1. The second-order valence-electron chi connectivity index (χ2n) is 7.50. The Morgan fingerprint density at radius 1 is 1.47 bits per heavy atom. The molecule has 0 radical (unpaired) electrons. The number of aromatic nitrogens is 1. The van der Waals surface area contributed by atoms with Crippen LogP contribution in [0.3, 0.4) is 0 Å². The average Bonchev–Trinajstić information content (AvgIpc) is 3.21. The molecule has 2 atom stereocenters. The van der Waals surface area contributed by atoms with Crippen LogP contribution in [0.5, 0.6) is 0 Å². The third-order valence-electron chi connectivity index (χ3n) is 5.43. The van der Waals surface area contributed by atoms with Gasteiger partial charge in [-0.05, 0) is 48.4 Å². The molecule has 2 unspecified atom stereocenters. The summed E-state index contributed by atoms with van der Waals surface area (Å²) in [6.45, 7) is 2.10. The largest absolute Gasteiger partial charge is 0.477 e. The first kappa shape index (κ1) is 19.1. The number of aliphatic carboxylic acids is 1. The van der Waals surface area contributed by atoms with E-state index in [0.717, 1.165) is 52.8 Å². The van der Waals surface area contributed by atoms with Gasteiger partial charge in [0.05, 0.1) is 22.6 Å². The summed E-state index contributed by atoms with van der Waals surface area (Å²) in [5.41, 5.74) is 4.12. The summed E-state index contributed by atoms with van der Waals surface area (Å²) in [4.78, 5) is 34.9. The molecule has 3 aliphatic rings. The number of hydrogen-bond donors (Lipinski definition) is 4.